The van der Waals surface area contributed by atoms with Gasteiger partial charge in [0.1, 0.15) is 17.9 Å². The summed E-state index contributed by atoms with van der Waals surface area (Å²) in [7, 11) is 2.66. The Morgan fingerprint density at radius 1 is 1.17 bits per heavy atom. The molecule has 10 heteroatoms. The second kappa shape index (κ2) is 8.79. The molecule has 1 aromatic rings. The van der Waals surface area contributed by atoms with E-state index in [1.807, 2.05) is 0 Å². The first-order valence-corrected chi connectivity index (χ1v) is 9.33. The van der Waals surface area contributed by atoms with Crippen molar-refractivity contribution in [2.75, 3.05) is 26.1 Å². The zero-order valence-electron chi connectivity index (χ0n) is 17.5. The third-order valence-corrected chi connectivity index (χ3v) is 5.00. The van der Waals surface area contributed by atoms with E-state index in [4.69, 9.17) is 9.47 Å². The Morgan fingerprint density at radius 2 is 1.80 bits per heavy atom. The van der Waals surface area contributed by atoms with Crippen molar-refractivity contribution in [3.05, 3.63) is 29.6 Å². The Hall–Kier alpha value is -2.36. The number of nitrogens with one attached hydrogen (secondary N) is 1. The molecule has 2 rings (SSSR count). The fraction of sp³-hybridized carbons (Fsp3) is 0.600. The molecule has 3 unspecified atom stereocenters. The molecule has 30 heavy (non-hydrogen) atoms. The van der Waals surface area contributed by atoms with E-state index in [0.717, 1.165) is 12.1 Å². The van der Waals surface area contributed by atoms with E-state index in [-0.39, 0.29) is 24.8 Å². The highest BCUT2D eigenvalue weighted by Gasteiger charge is 2.45. The van der Waals surface area contributed by atoms with Crippen molar-refractivity contribution < 1.29 is 36.6 Å². The molecule has 0 aliphatic carbocycles. The van der Waals surface area contributed by atoms with Crippen LogP contribution >= 0.6 is 0 Å². The number of nitrogens with zero attached hydrogens (tertiary/aromatic N) is 1. The van der Waals surface area contributed by atoms with Gasteiger partial charge in [0.15, 0.2) is 0 Å². The lowest BCUT2D eigenvalue weighted by Crippen LogP contribution is -2.52. The molecule has 1 saturated heterocycles. The third kappa shape index (κ3) is 5.41. The van der Waals surface area contributed by atoms with Gasteiger partial charge in [0.25, 0.3) is 0 Å². The number of hydrogen-bond acceptors (Lipinski definition) is 5. The number of ether oxygens (including phenoxy) is 2. The molecule has 1 aliphatic heterocycles. The molecule has 0 spiro atoms. The van der Waals surface area contributed by atoms with Crippen LogP contribution in [0.2, 0.25) is 0 Å². The van der Waals surface area contributed by atoms with Crippen molar-refractivity contribution in [3.63, 3.8) is 0 Å². The number of alkyl halides is 3. The predicted octanol–water partition coefficient (Wildman–Crippen LogP) is 3.46. The minimum Gasteiger partial charge on any atom is -0.467 e. The van der Waals surface area contributed by atoms with Crippen LogP contribution in [0.3, 0.4) is 0 Å². The van der Waals surface area contributed by atoms with E-state index < -0.39 is 46.9 Å². The number of halogens is 4. The average molecular weight is 434 g/mol. The normalized spacial score (nSPS) is 20.8. The van der Waals surface area contributed by atoms with E-state index in [2.05, 4.69) is 5.32 Å². The standard InChI is InChI=1S/C20H26F4N2O4/c1-19(2,3)16(25-13-7-11(20(22,23)24)6-12(21)8-13)17(27)26-10-14(29-4)9-15(26)18(28)30-5/h6-8,14-16,25H,9-10H2,1-5H3. The third-order valence-electron chi connectivity index (χ3n) is 5.00. The van der Waals surface area contributed by atoms with Gasteiger partial charge < -0.3 is 19.7 Å². The van der Waals surface area contributed by atoms with E-state index in [1.54, 1.807) is 20.8 Å². The molecule has 1 heterocycles. The molecule has 1 fully saturated rings. The zero-order chi connectivity index (χ0) is 22.9. The quantitative estimate of drug-likeness (QED) is 0.568. The average Bonchev–Trinajstić information content (AvgIpc) is 3.07. The van der Waals surface area contributed by atoms with Gasteiger partial charge in [-0.15, -0.1) is 0 Å². The smallest absolute Gasteiger partial charge is 0.416 e. The SMILES string of the molecule is COC(=O)C1CC(OC)CN1C(=O)C(Nc1cc(F)cc(C(F)(F)F)c1)C(C)(C)C. The largest absolute Gasteiger partial charge is 0.467 e. The molecule has 0 radical (unpaired) electrons. The molecule has 0 saturated carbocycles. The van der Waals surface area contributed by atoms with E-state index in [0.29, 0.717) is 6.07 Å². The Morgan fingerprint density at radius 3 is 2.30 bits per heavy atom. The van der Waals surface area contributed by atoms with Crippen LogP contribution in [0.25, 0.3) is 0 Å². The van der Waals surface area contributed by atoms with Crippen molar-refractivity contribution in [1.29, 1.82) is 0 Å². The molecule has 1 aliphatic rings. The number of hydrogen-bond donors (Lipinski definition) is 1. The number of anilines is 1. The van der Waals surface area contributed by atoms with Gasteiger partial charge in [-0.3, -0.25) is 4.79 Å². The number of likely N-dealkylation sites (tertiary alicyclic amines) is 1. The highest BCUT2D eigenvalue weighted by Crippen LogP contribution is 2.34. The highest BCUT2D eigenvalue weighted by molar-refractivity contribution is 5.90. The van der Waals surface area contributed by atoms with Crippen molar-refractivity contribution >= 4 is 17.6 Å². The van der Waals surface area contributed by atoms with Gasteiger partial charge in [-0.05, 0) is 23.6 Å². The van der Waals surface area contributed by atoms with Crippen molar-refractivity contribution in [2.45, 2.75) is 51.6 Å². The number of esters is 1. The van der Waals surface area contributed by atoms with Gasteiger partial charge in [-0.2, -0.15) is 13.2 Å². The first-order chi connectivity index (χ1) is 13.8. The van der Waals surface area contributed by atoms with Crippen molar-refractivity contribution in [1.82, 2.24) is 4.90 Å². The maximum Gasteiger partial charge on any atom is 0.416 e. The fourth-order valence-corrected chi connectivity index (χ4v) is 3.39. The lowest BCUT2D eigenvalue weighted by molar-refractivity contribution is -0.151. The van der Waals surface area contributed by atoms with Crippen LogP contribution in [0.5, 0.6) is 0 Å². The van der Waals surface area contributed by atoms with E-state index in [9.17, 15) is 27.2 Å². The first-order valence-electron chi connectivity index (χ1n) is 9.33. The number of carbonyl (C=O) groups is 2. The van der Waals surface area contributed by atoms with Crippen molar-refractivity contribution in [2.24, 2.45) is 5.41 Å². The number of amides is 1. The number of rotatable bonds is 5. The Balaban J connectivity index is 2.38. The van der Waals surface area contributed by atoms with Crippen LogP contribution in [0, 0.1) is 11.2 Å². The monoisotopic (exact) mass is 434 g/mol. The summed E-state index contributed by atoms with van der Waals surface area (Å²) < 4.78 is 63.0. The Labute approximate surface area is 172 Å². The molecule has 0 aromatic heterocycles. The van der Waals surface area contributed by atoms with Gasteiger partial charge in [-0.1, -0.05) is 20.8 Å². The highest BCUT2D eigenvalue weighted by atomic mass is 19.4. The summed E-state index contributed by atoms with van der Waals surface area (Å²) in [6, 6.07) is 0.103. The minimum absolute atomic E-state index is 0.125. The van der Waals surface area contributed by atoms with Crippen LogP contribution in [-0.2, 0) is 25.2 Å². The number of benzene rings is 1. The maximum atomic E-state index is 13.8. The molecule has 1 aromatic carbocycles. The molecular weight excluding hydrogens is 408 g/mol. The summed E-state index contributed by atoms with van der Waals surface area (Å²) >= 11 is 0. The first kappa shape index (κ1) is 23.9. The van der Waals surface area contributed by atoms with Crippen LogP contribution in [0.4, 0.5) is 23.2 Å². The summed E-state index contributed by atoms with van der Waals surface area (Å²) in [5, 5.41) is 2.74. The molecule has 1 N–H and O–H groups in total. The van der Waals surface area contributed by atoms with Crippen LogP contribution < -0.4 is 5.32 Å². The zero-order valence-corrected chi connectivity index (χ0v) is 17.5. The van der Waals surface area contributed by atoms with Gasteiger partial charge >= 0.3 is 12.1 Å². The lowest BCUT2D eigenvalue weighted by atomic mass is 9.85. The second-order valence-corrected chi connectivity index (χ2v) is 8.29. The molecule has 0 bridgehead atoms. The molecule has 6 nitrogen and oxygen atoms in total. The van der Waals surface area contributed by atoms with Gasteiger partial charge in [0, 0.05) is 25.8 Å². The maximum absolute atomic E-state index is 13.8. The van der Waals surface area contributed by atoms with Gasteiger partial charge in [0.05, 0.1) is 18.8 Å². The van der Waals surface area contributed by atoms with Crippen molar-refractivity contribution in [3.8, 4) is 0 Å². The summed E-state index contributed by atoms with van der Waals surface area (Å²) in [5.74, 6) is -2.21. The number of carbonyl (C=O) groups excluding carboxylic acids is 2. The summed E-state index contributed by atoms with van der Waals surface area (Å²) in [5.41, 5.74) is -2.13. The van der Waals surface area contributed by atoms with E-state index >= 15 is 0 Å². The topological polar surface area (TPSA) is 67.9 Å². The van der Waals surface area contributed by atoms with Crippen LogP contribution in [-0.4, -0.2) is 55.7 Å². The number of methoxy groups -OCH3 is 2. The summed E-state index contributed by atoms with van der Waals surface area (Å²) in [4.78, 5) is 26.8. The summed E-state index contributed by atoms with van der Waals surface area (Å²) in [6.07, 6.45) is -4.88. The fourth-order valence-electron chi connectivity index (χ4n) is 3.39. The van der Waals surface area contributed by atoms with Crippen LogP contribution in [0.15, 0.2) is 18.2 Å². The second-order valence-electron chi connectivity index (χ2n) is 8.29. The Bertz CT molecular complexity index is 792. The molecule has 3 atom stereocenters. The van der Waals surface area contributed by atoms with Crippen LogP contribution in [0.1, 0.15) is 32.8 Å². The lowest BCUT2D eigenvalue weighted by Gasteiger charge is -2.35. The molecule has 1 amide bonds. The van der Waals surface area contributed by atoms with Gasteiger partial charge in [-0.25, -0.2) is 9.18 Å². The molecule has 168 valence electrons. The van der Waals surface area contributed by atoms with Gasteiger partial charge in [0.2, 0.25) is 5.91 Å². The Kier molecular flexibility index (Phi) is 7.01. The predicted molar refractivity (Wildman–Crippen MR) is 101 cm³/mol. The van der Waals surface area contributed by atoms with E-state index in [1.165, 1.54) is 19.1 Å². The summed E-state index contributed by atoms with van der Waals surface area (Å²) in [6.45, 7) is 5.26. The minimum atomic E-state index is -4.74. The molecular formula is C20H26F4N2O4.